The summed E-state index contributed by atoms with van der Waals surface area (Å²) in [5, 5.41) is 0. The van der Waals surface area contributed by atoms with Gasteiger partial charge in [-0.1, -0.05) is 12.1 Å². The molecule has 0 bridgehead atoms. The van der Waals surface area contributed by atoms with Crippen LogP contribution in [0.3, 0.4) is 0 Å². The highest BCUT2D eigenvalue weighted by Crippen LogP contribution is 2.18. The molecule has 0 saturated heterocycles. The lowest BCUT2D eigenvalue weighted by molar-refractivity contribution is -0.127. The number of amides is 1. The Kier molecular flexibility index (Phi) is 4.39. The van der Waals surface area contributed by atoms with Crippen molar-refractivity contribution in [3.05, 3.63) is 29.8 Å². The van der Waals surface area contributed by atoms with Crippen LogP contribution >= 0.6 is 0 Å². The van der Waals surface area contributed by atoms with Crippen LogP contribution in [0.5, 0.6) is 0 Å². The molecule has 0 aliphatic carbocycles. The number of hydrogen-bond acceptors (Lipinski definition) is 3. The Morgan fingerprint density at radius 3 is 2.11 bits per heavy atom. The van der Waals surface area contributed by atoms with E-state index in [0.717, 1.165) is 12.1 Å². The first-order valence-corrected chi connectivity index (χ1v) is 6.61. The molecule has 0 radical (unpaired) electrons. The summed E-state index contributed by atoms with van der Waals surface area (Å²) in [5.41, 5.74) is 0.571. The second kappa shape index (κ2) is 5.43. The number of alkyl halides is 2. The maximum absolute atomic E-state index is 12.3. The summed E-state index contributed by atoms with van der Waals surface area (Å²) >= 11 is 0. The van der Waals surface area contributed by atoms with E-state index in [1.54, 1.807) is 14.1 Å². The predicted octanol–water partition coefficient (Wildman–Crippen LogP) is 1.31. The Morgan fingerprint density at radius 2 is 1.72 bits per heavy atom. The van der Waals surface area contributed by atoms with Gasteiger partial charge in [0.2, 0.25) is 15.7 Å². The van der Waals surface area contributed by atoms with Gasteiger partial charge in [-0.05, 0) is 17.7 Å². The zero-order valence-electron chi connectivity index (χ0n) is 9.93. The molecule has 0 aliphatic heterocycles. The average Bonchev–Trinajstić information content (AvgIpc) is 2.29. The number of sulfone groups is 1. The standard InChI is InChI=1S/C11H13F2NO3S/c1-14(2)10(15)7-8-3-5-9(6-4-8)18(16,17)11(12)13/h3-6,11H,7H2,1-2H3. The lowest BCUT2D eigenvalue weighted by Gasteiger charge is -2.10. The van der Waals surface area contributed by atoms with E-state index in [1.807, 2.05) is 0 Å². The zero-order valence-corrected chi connectivity index (χ0v) is 10.7. The SMILES string of the molecule is CN(C)C(=O)Cc1ccc(S(=O)(=O)C(F)F)cc1. The van der Waals surface area contributed by atoms with Crippen molar-refractivity contribution in [1.29, 1.82) is 0 Å². The number of benzene rings is 1. The van der Waals surface area contributed by atoms with E-state index in [1.165, 1.54) is 17.0 Å². The van der Waals surface area contributed by atoms with Gasteiger partial charge >= 0.3 is 5.76 Å². The molecule has 0 atom stereocenters. The van der Waals surface area contributed by atoms with Crippen LogP contribution in [0.15, 0.2) is 29.2 Å². The molecule has 0 aromatic heterocycles. The molecular weight excluding hydrogens is 264 g/mol. The van der Waals surface area contributed by atoms with Gasteiger partial charge in [0.1, 0.15) is 0 Å². The predicted molar refractivity (Wildman–Crippen MR) is 62.0 cm³/mol. The van der Waals surface area contributed by atoms with Crippen molar-refractivity contribution in [2.75, 3.05) is 14.1 Å². The highest BCUT2D eigenvalue weighted by molar-refractivity contribution is 7.91. The van der Waals surface area contributed by atoms with Gasteiger partial charge in [0, 0.05) is 14.1 Å². The zero-order chi connectivity index (χ0) is 13.9. The molecule has 0 saturated carbocycles. The van der Waals surface area contributed by atoms with E-state index in [9.17, 15) is 22.0 Å². The minimum Gasteiger partial charge on any atom is -0.349 e. The van der Waals surface area contributed by atoms with Crippen LogP contribution in [0.2, 0.25) is 0 Å². The van der Waals surface area contributed by atoms with Gasteiger partial charge in [0.15, 0.2) is 0 Å². The summed E-state index contributed by atoms with van der Waals surface area (Å²) < 4.78 is 46.8. The Bertz CT molecular complexity index is 524. The summed E-state index contributed by atoms with van der Waals surface area (Å²) in [4.78, 5) is 12.3. The van der Waals surface area contributed by atoms with Crippen molar-refractivity contribution >= 4 is 15.7 Å². The lowest BCUT2D eigenvalue weighted by atomic mass is 10.1. The molecule has 0 fully saturated rings. The third kappa shape index (κ3) is 3.25. The normalized spacial score (nSPS) is 11.6. The fourth-order valence-electron chi connectivity index (χ4n) is 1.23. The van der Waals surface area contributed by atoms with E-state index in [4.69, 9.17) is 0 Å². The summed E-state index contributed by atoms with van der Waals surface area (Å²) in [5.74, 6) is -3.59. The summed E-state index contributed by atoms with van der Waals surface area (Å²) in [7, 11) is -1.38. The van der Waals surface area contributed by atoms with Gasteiger partial charge in [-0.15, -0.1) is 0 Å². The topological polar surface area (TPSA) is 54.5 Å². The number of carbonyl (C=O) groups excluding carboxylic acids is 1. The molecule has 1 aromatic carbocycles. The smallest absolute Gasteiger partial charge is 0.341 e. The number of hydrogen-bond donors (Lipinski definition) is 0. The van der Waals surface area contributed by atoms with Crippen LogP contribution in [-0.2, 0) is 21.1 Å². The summed E-state index contributed by atoms with van der Waals surface area (Å²) in [6, 6.07) is 4.88. The highest BCUT2D eigenvalue weighted by Gasteiger charge is 2.26. The van der Waals surface area contributed by atoms with E-state index in [-0.39, 0.29) is 12.3 Å². The molecule has 100 valence electrons. The van der Waals surface area contributed by atoms with E-state index in [0.29, 0.717) is 5.56 Å². The lowest BCUT2D eigenvalue weighted by Crippen LogP contribution is -2.23. The number of halogens is 2. The van der Waals surface area contributed by atoms with Gasteiger partial charge < -0.3 is 4.90 Å². The van der Waals surface area contributed by atoms with Crippen molar-refractivity contribution in [3.8, 4) is 0 Å². The number of likely N-dealkylation sites (N-methyl/N-ethyl adjacent to an activating group) is 1. The Hall–Kier alpha value is -1.50. The molecule has 0 heterocycles. The van der Waals surface area contributed by atoms with Crippen LogP contribution in [-0.4, -0.2) is 39.1 Å². The maximum Gasteiger partial charge on any atom is 0.341 e. The van der Waals surface area contributed by atoms with E-state index >= 15 is 0 Å². The van der Waals surface area contributed by atoms with Gasteiger partial charge in [-0.3, -0.25) is 4.79 Å². The molecule has 0 aliphatic rings. The highest BCUT2D eigenvalue weighted by atomic mass is 32.2. The summed E-state index contributed by atoms with van der Waals surface area (Å²) in [6.45, 7) is 0. The first kappa shape index (κ1) is 14.6. The Balaban J connectivity index is 2.91. The van der Waals surface area contributed by atoms with Gasteiger partial charge in [0.25, 0.3) is 0 Å². The fourth-order valence-corrected chi connectivity index (χ4v) is 1.95. The maximum atomic E-state index is 12.3. The molecule has 1 amide bonds. The van der Waals surface area contributed by atoms with Crippen LogP contribution in [0.25, 0.3) is 0 Å². The largest absolute Gasteiger partial charge is 0.349 e. The fraction of sp³-hybridized carbons (Fsp3) is 0.364. The number of nitrogens with zero attached hydrogens (tertiary/aromatic N) is 1. The van der Waals surface area contributed by atoms with Crippen LogP contribution in [0.1, 0.15) is 5.56 Å². The van der Waals surface area contributed by atoms with Crippen molar-refractivity contribution in [2.24, 2.45) is 0 Å². The van der Waals surface area contributed by atoms with Crippen molar-refractivity contribution < 1.29 is 22.0 Å². The molecule has 7 heteroatoms. The van der Waals surface area contributed by atoms with Crippen molar-refractivity contribution in [2.45, 2.75) is 17.1 Å². The van der Waals surface area contributed by atoms with Gasteiger partial charge in [-0.25, -0.2) is 8.42 Å². The number of rotatable bonds is 4. The molecule has 0 unspecified atom stereocenters. The molecule has 0 spiro atoms. The number of carbonyl (C=O) groups is 1. The minimum atomic E-state index is -4.57. The molecular formula is C11H13F2NO3S. The van der Waals surface area contributed by atoms with Crippen LogP contribution < -0.4 is 0 Å². The quantitative estimate of drug-likeness (QED) is 0.834. The molecule has 1 aromatic rings. The second-order valence-corrected chi connectivity index (χ2v) is 5.83. The molecule has 18 heavy (non-hydrogen) atoms. The Labute approximate surface area is 104 Å². The Morgan fingerprint density at radius 1 is 1.22 bits per heavy atom. The van der Waals surface area contributed by atoms with E-state index < -0.39 is 20.5 Å². The first-order chi connectivity index (χ1) is 8.25. The average molecular weight is 277 g/mol. The van der Waals surface area contributed by atoms with Gasteiger partial charge in [0.05, 0.1) is 11.3 Å². The minimum absolute atomic E-state index is 0.0992. The van der Waals surface area contributed by atoms with Crippen LogP contribution in [0, 0.1) is 0 Å². The monoisotopic (exact) mass is 277 g/mol. The van der Waals surface area contributed by atoms with E-state index in [2.05, 4.69) is 0 Å². The van der Waals surface area contributed by atoms with Crippen molar-refractivity contribution in [1.82, 2.24) is 4.90 Å². The third-order valence-electron chi connectivity index (χ3n) is 2.34. The molecule has 4 nitrogen and oxygen atoms in total. The summed E-state index contributed by atoms with van der Waals surface area (Å²) in [6.07, 6.45) is 0.0992. The van der Waals surface area contributed by atoms with Gasteiger partial charge in [-0.2, -0.15) is 8.78 Å². The first-order valence-electron chi connectivity index (χ1n) is 5.06. The molecule has 0 N–H and O–H groups in total. The second-order valence-electron chi connectivity index (χ2n) is 3.91. The van der Waals surface area contributed by atoms with Crippen molar-refractivity contribution in [3.63, 3.8) is 0 Å². The molecule has 1 rings (SSSR count). The van der Waals surface area contributed by atoms with Crippen LogP contribution in [0.4, 0.5) is 8.78 Å². The third-order valence-corrected chi connectivity index (χ3v) is 3.74.